The number of nitrogens with zero attached hydrogens (tertiary/aromatic N) is 4. The molecule has 1 fully saturated rings. The Morgan fingerprint density at radius 3 is 2.78 bits per heavy atom. The summed E-state index contributed by atoms with van der Waals surface area (Å²) in [5.74, 6) is 0.289. The number of carbonyl (C=O) groups is 1. The van der Waals surface area contributed by atoms with E-state index in [0.29, 0.717) is 11.0 Å². The van der Waals surface area contributed by atoms with Gasteiger partial charge in [0.25, 0.3) is 11.5 Å². The van der Waals surface area contributed by atoms with Gasteiger partial charge in [-0.05, 0) is 52.7 Å². The molecule has 5 rings (SSSR count). The van der Waals surface area contributed by atoms with Crippen molar-refractivity contribution >= 4 is 33.3 Å². The molecule has 0 bridgehead atoms. The quantitative estimate of drug-likeness (QED) is 0.452. The van der Waals surface area contributed by atoms with Crippen LogP contribution in [0.25, 0.3) is 5.65 Å². The lowest BCUT2D eigenvalue weighted by Gasteiger charge is -2.17. The van der Waals surface area contributed by atoms with Gasteiger partial charge in [0, 0.05) is 42.2 Å². The first-order valence-corrected chi connectivity index (χ1v) is 10.7. The molecule has 2 N–H and O–H groups in total. The molecule has 1 atom stereocenters. The molecular weight excluding hydrogens is 479 g/mol. The number of carbonyl (C=O) groups excluding carboxylic acids is 1. The van der Waals surface area contributed by atoms with Crippen molar-refractivity contribution in [1.29, 1.82) is 0 Å². The molecule has 164 valence electrons. The molecule has 1 amide bonds. The van der Waals surface area contributed by atoms with Crippen LogP contribution in [0.4, 0.5) is 10.2 Å². The van der Waals surface area contributed by atoms with Crippen LogP contribution >= 0.6 is 15.9 Å². The Bertz CT molecular complexity index is 1280. The Hall–Kier alpha value is -3.53. The van der Waals surface area contributed by atoms with Gasteiger partial charge >= 0.3 is 0 Å². The second-order valence-electron chi connectivity index (χ2n) is 7.18. The maximum Gasteiger partial charge on any atom is 0.260 e. The van der Waals surface area contributed by atoms with E-state index in [1.165, 1.54) is 24.4 Å². The van der Waals surface area contributed by atoms with Gasteiger partial charge in [-0.25, -0.2) is 13.9 Å². The molecule has 1 aliphatic heterocycles. The van der Waals surface area contributed by atoms with Crippen LogP contribution in [0.3, 0.4) is 0 Å². The number of fused-ring (bicyclic) bond motifs is 1. The highest BCUT2D eigenvalue weighted by Crippen LogP contribution is 2.18. The van der Waals surface area contributed by atoms with Gasteiger partial charge in [-0.15, -0.1) is 5.10 Å². The van der Waals surface area contributed by atoms with Gasteiger partial charge in [0.05, 0.1) is 0 Å². The highest BCUT2D eigenvalue weighted by atomic mass is 79.9. The third-order valence-corrected chi connectivity index (χ3v) is 5.39. The van der Waals surface area contributed by atoms with Crippen LogP contribution in [0.15, 0.2) is 76.4 Å². The minimum atomic E-state index is -0.400. The van der Waals surface area contributed by atoms with Gasteiger partial charge in [-0.1, -0.05) is 18.2 Å². The summed E-state index contributed by atoms with van der Waals surface area (Å²) in [5, 5.41) is 7.45. The average Bonchev–Trinajstić information content (AvgIpc) is 3.45. The molecule has 4 aromatic rings. The lowest BCUT2D eigenvalue weighted by atomic mass is 10.2. The minimum Gasteiger partial charge on any atom is -0.353 e. The van der Waals surface area contributed by atoms with Crippen LogP contribution in [0.1, 0.15) is 16.8 Å². The minimum absolute atomic E-state index is 0.0360. The Morgan fingerprint density at radius 1 is 1.22 bits per heavy atom. The number of hydrogen-bond donors (Lipinski definition) is 2. The van der Waals surface area contributed by atoms with Gasteiger partial charge in [0.2, 0.25) is 0 Å². The van der Waals surface area contributed by atoms with Crippen molar-refractivity contribution in [1.82, 2.24) is 24.9 Å². The Labute approximate surface area is 191 Å². The summed E-state index contributed by atoms with van der Waals surface area (Å²) in [5.41, 5.74) is 0.496. The molecule has 1 saturated heterocycles. The van der Waals surface area contributed by atoms with Crippen LogP contribution in [0.5, 0.6) is 0 Å². The molecule has 1 aliphatic rings. The number of nitrogens with one attached hydrogen (secondary N) is 2. The summed E-state index contributed by atoms with van der Waals surface area (Å²) in [7, 11) is 0. The van der Waals surface area contributed by atoms with Crippen LogP contribution in [0.2, 0.25) is 0 Å². The molecule has 32 heavy (non-hydrogen) atoms. The smallest absolute Gasteiger partial charge is 0.260 e. The highest BCUT2D eigenvalue weighted by Gasteiger charge is 2.26. The molecule has 1 aromatic carbocycles. The normalized spacial score (nSPS) is 15.3. The van der Waals surface area contributed by atoms with E-state index in [9.17, 15) is 14.0 Å². The van der Waals surface area contributed by atoms with Gasteiger partial charge in [-0.3, -0.25) is 9.59 Å². The van der Waals surface area contributed by atoms with Crippen molar-refractivity contribution in [2.75, 3.05) is 18.0 Å². The second kappa shape index (κ2) is 9.73. The zero-order valence-electron chi connectivity index (χ0n) is 16.9. The molecule has 3 aromatic heterocycles. The monoisotopic (exact) mass is 498 g/mol. The molecule has 0 unspecified atom stereocenters. The number of pyridine rings is 1. The first kappa shape index (κ1) is 21.7. The van der Waals surface area contributed by atoms with Crippen molar-refractivity contribution in [2.45, 2.75) is 12.5 Å². The largest absolute Gasteiger partial charge is 0.353 e. The van der Waals surface area contributed by atoms with E-state index in [0.717, 1.165) is 24.4 Å². The van der Waals surface area contributed by atoms with E-state index in [1.54, 1.807) is 35.1 Å². The second-order valence-corrected chi connectivity index (χ2v) is 8.10. The first-order valence-electron chi connectivity index (χ1n) is 9.94. The molecule has 0 aliphatic carbocycles. The summed E-state index contributed by atoms with van der Waals surface area (Å²) in [6, 6.07) is 13.3. The molecule has 0 saturated carbocycles. The van der Waals surface area contributed by atoms with Crippen LogP contribution in [-0.2, 0) is 0 Å². The number of halogens is 2. The van der Waals surface area contributed by atoms with Gasteiger partial charge in [0.15, 0.2) is 5.65 Å². The summed E-state index contributed by atoms with van der Waals surface area (Å²) >= 11 is 3.26. The molecular formula is C22H20BrFN6O2. The Morgan fingerprint density at radius 2 is 2.03 bits per heavy atom. The van der Waals surface area contributed by atoms with E-state index in [-0.39, 0.29) is 23.3 Å². The van der Waals surface area contributed by atoms with E-state index in [2.05, 4.69) is 41.2 Å². The maximum atomic E-state index is 12.4. The number of hydrogen-bond acceptors (Lipinski definition) is 5. The fourth-order valence-corrected chi connectivity index (χ4v) is 3.71. The summed E-state index contributed by atoms with van der Waals surface area (Å²) in [4.78, 5) is 33.0. The predicted molar refractivity (Wildman–Crippen MR) is 122 cm³/mol. The van der Waals surface area contributed by atoms with E-state index >= 15 is 0 Å². The third kappa shape index (κ3) is 5.20. The van der Waals surface area contributed by atoms with Crippen LogP contribution < -0.4 is 15.8 Å². The Kier molecular flexibility index (Phi) is 6.60. The number of rotatable bonds is 3. The third-order valence-electron chi connectivity index (χ3n) is 4.93. The number of H-pyrrole nitrogens is 1. The number of anilines is 1. The van der Waals surface area contributed by atoms with Gasteiger partial charge in [-0.2, -0.15) is 0 Å². The molecule has 8 nitrogen and oxygen atoms in total. The average molecular weight is 499 g/mol. The Balaban J connectivity index is 0.000000300. The number of imidazole rings is 1. The summed E-state index contributed by atoms with van der Waals surface area (Å²) < 4.78 is 14.3. The molecule has 10 heteroatoms. The van der Waals surface area contributed by atoms with Gasteiger partial charge < -0.3 is 15.2 Å². The highest BCUT2D eigenvalue weighted by molar-refractivity contribution is 9.10. The lowest BCUT2D eigenvalue weighted by Crippen LogP contribution is -2.39. The fourth-order valence-electron chi connectivity index (χ4n) is 3.36. The summed E-state index contributed by atoms with van der Waals surface area (Å²) in [6.45, 7) is 1.43. The zero-order valence-corrected chi connectivity index (χ0v) is 18.5. The van der Waals surface area contributed by atoms with Crippen molar-refractivity contribution in [3.8, 4) is 0 Å². The number of aromatic amines is 1. The lowest BCUT2D eigenvalue weighted by molar-refractivity contribution is 0.0938. The van der Waals surface area contributed by atoms with E-state index in [1.807, 2.05) is 12.1 Å². The standard InChI is InChI=1S/C16H15BrN6O2.C6H5F/c17-10-7-12(15(24)19-8-10)16(25)20-11-3-5-22(9-11)14-2-1-13-18-4-6-23(13)21-14;7-6-4-2-1-3-5-6/h1-2,4,6-8,11H,3,5,9H2,(H,19,24)(H,20,25);1-5H/t11-;/m0./s1. The SMILES string of the molecule is Fc1ccccc1.O=C(N[C@H]1CCN(c2ccc3nccn3n2)C1)c1cc(Br)c[nH]c1=O. The van der Waals surface area contributed by atoms with Crippen molar-refractivity contribution in [3.05, 3.63) is 93.3 Å². The maximum absolute atomic E-state index is 12.4. The number of benzene rings is 1. The van der Waals surface area contributed by atoms with E-state index in [4.69, 9.17) is 0 Å². The first-order chi connectivity index (χ1) is 15.5. The van der Waals surface area contributed by atoms with Crippen molar-refractivity contribution in [2.24, 2.45) is 0 Å². The van der Waals surface area contributed by atoms with Crippen LogP contribution in [0, 0.1) is 5.82 Å². The molecule has 0 radical (unpaired) electrons. The van der Waals surface area contributed by atoms with Gasteiger partial charge in [0.1, 0.15) is 17.2 Å². The van der Waals surface area contributed by atoms with E-state index < -0.39 is 5.56 Å². The van der Waals surface area contributed by atoms with Crippen molar-refractivity contribution in [3.63, 3.8) is 0 Å². The predicted octanol–water partition coefficient (Wildman–Crippen LogP) is 3.01. The molecule has 4 heterocycles. The fraction of sp³-hybridized carbons (Fsp3) is 0.182. The topological polar surface area (TPSA) is 95.4 Å². The number of amides is 1. The zero-order chi connectivity index (χ0) is 22.5. The molecule has 0 spiro atoms. The van der Waals surface area contributed by atoms with Crippen LogP contribution in [-0.4, -0.2) is 44.6 Å². The van der Waals surface area contributed by atoms with Crippen molar-refractivity contribution < 1.29 is 9.18 Å². The number of aromatic nitrogens is 4. The summed E-state index contributed by atoms with van der Waals surface area (Å²) in [6.07, 6.45) is 5.80.